The molecule has 3 rings (SSSR count). The van der Waals surface area contributed by atoms with Crippen LogP contribution in [0.1, 0.15) is 11.1 Å². The molecule has 2 atom stereocenters. The molecule has 0 spiro atoms. The fourth-order valence-electron chi connectivity index (χ4n) is 3.56. The molecule has 0 bridgehead atoms. The molecule has 2 amide bonds. The van der Waals surface area contributed by atoms with Gasteiger partial charge in [0, 0.05) is 0 Å². The Labute approximate surface area is 214 Å². The van der Waals surface area contributed by atoms with Gasteiger partial charge in [-0.2, -0.15) is 8.42 Å². The maximum Gasteiger partial charge on any atom is 0.355 e. The summed E-state index contributed by atoms with van der Waals surface area (Å²) in [6.07, 6.45) is 1.55. The molecule has 2 aromatic carbocycles. The Morgan fingerprint density at radius 3 is 2.16 bits per heavy atom. The van der Waals surface area contributed by atoms with Gasteiger partial charge < -0.3 is 14.8 Å². The minimum atomic E-state index is -3.93. The molecule has 11 nitrogen and oxygen atoms in total. The maximum atomic E-state index is 13.1. The molecule has 0 aromatic heterocycles. The molecule has 0 radical (unpaired) electrons. The number of benzene rings is 2. The molecule has 0 unspecified atom stereocenters. The van der Waals surface area contributed by atoms with Crippen LogP contribution in [0, 0.1) is 0 Å². The molecule has 37 heavy (non-hydrogen) atoms. The van der Waals surface area contributed by atoms with Crippen LogP contribution in [0.25, 0.3) is 0 Å². The smallest absolute Gasteiger partial charge is 0.355 e. The third-order valence-corrected chi connectivity index (χ3v) is 5.90. The Morgan fingerprint density at radius 1 is 1.00 bits per heavy atom. The SMILES string of the molecule is COC(=O)/C=C(\C(=O)OCc1ccccc1)N1C(=O)[C@@H](NC(=O)Cc2ccccc2)[C@H]1COS(C)(=O)=O. The standard InChI is InChI=1S/C25H26N2O9S/c1-34-22(29)14-19(25(31)35-15-18-11-7-4-8-12-18)27-20(16-36-37(2,32)33)23(24(27)30)26-21(28)13-17-9-5-3-6-10-17/h3-12,14,20,23H,13,15-16H2,1-2H3,(H,26,28)/b19-14+/t20-,23+/m1/s1. The van der Waals surface area contributed by atoms with E-state index in [4.69, 9.17) is 8.92 Å². The molecule has 1 fully saturated rings. The summed E-state index contributed by atoms with van der Waals surface area (Å²) in [6, 6.07) is 15.1. The number of nitrogens with zero attached hydrogens (tertiary/aromatic N) is 1. The number of hydrogen-bond donors (Lipinski definition) is 1. The van der Waals surface area contributed by atoms with Crippen LogP contribution >= 0.6 is 0 Å². The van der Waals surface area contributed by atoms with E-state index >= 15 is 0 Å². The highest BCUT2D eigenvalue weighted by Crippen LogP contribution is 2.28. The van der Waals surface area contributed by atoms with Crippen molar-refractivity contribution in [3.63, 3.8) is 0 Å². The second kappa shape index (κ2) is 12.3. The lowest BCUT2D eigenvalue weighted by molar-refractivity contribution is -0.158. The molecule has 2 aromatic rings. The Hall–Kier alpha value is -4.03. The number of likely N-dealkylation sites (tertiary alicyclic amines) is 1. The Balaban J connectivity index is 1.82. The van der Waals surface area contributed by atoms with Crippen LogP contribution in [0.15, 0.2) is 72.4 Å². The first-order valence-corrected chi connectivity index (χ1v) is 12.9. The van der Waals surface area contributed by atoms with Gasteiger partial charge in [0.05, 0.1) is 38.5 Å². The fraction of sp³-hybridized carbons (Fsp3) is 0.280. The number of methoxy groups -OCH3 is 1. The largest absolute Gasteiger partial charge is 0.466 e. The van der Waals surface area contributed by atoms with Crippen LogP contribution in [-0.4, -0.2) is 69.1 Å². The van der Waals surface area contributed by atoms with Crippen LogP contribution in [0.3, 0.4) is 0 Å². The summed E-state index contributed by atoms with van der Waals surface area (Å²) in [6.45, 7) is -0.729. The number of carbonyl (C=O) groups excluding carboxylic acids is 4. The lowest BCUT2D eigenvalue weighted by Gasteiger charge is -2.46. The molecule has 1 heterocycles. The van der Waals surface area contributed by atoms with E-state index < -0.39 is 58.3 Å². The predicted octanol–water partition coefficient (Wildman–Crippen LogP) is 0.701. The molecular formula is C25H26N2O9S. The van der Waals surface area contributed by atoms with Crippen molar-refractivity contribution in [1.82, 2.24) is 10.2 Å². The molecule has 196 valence electrons. The number of esters is 2. The van der Waals surface area contributed by atoms with Crippen LogP contribution in [0.2, 0.25) is 0 Å². The number of ether oxygens (including phenoxy) is 2. The summed E-state index contributed by atoms with van der Waals surface area (Å²) in [7, 11) is -2.85. The normalized spacial score (nSPS) is 17.5. The minimum Gasteiger partial charge on any atom is -0.466 e. The zero-order valence-corrected chi connectivity index (χ0v) is 21.0. The van der Waals surface area contributed by atoms with Crippen LogP contribution in [-0.2, 0) is 56.0 Å². The predicted molar refractivity (Wildman–Crippen MR) is 130 cm³/mol. The molecule has 12 heteroatoms. The van der Waals surface area contributed by atoms with Gasteiger partial charge in [0.25, 0.3) is 16.0 Å². The van der Waals surface area contributed by atoms with Gasteiger partial charge in [0.15, 0.2) is 0 Å². The van der Waals surface area contributed by atoms with E-state index in [0.29, 0.717) is 11.1 Å². The van der Waals surface area contributed by atoms with Crippen LogP contribution < -0.4 is 5.32 Å². The number of hydrogen-bond acceptors (Lipinski definition) is 9. The summed E-state index contributed by atoms with van der Waals surface area (Å²) in [4.78, 5) is 51.4. The molecular weight excluding hydrogens is 504 g/mol. The van der Waals surface area contributed by atoms with E-state index in [2.05, 4.69) is 10.1 Å². The maximum absolute atomic E-state index is 13.1. The van der Waals surface area contributed by atoms with Gasteiger partial charge in [-0.25, -0.2) is 9.59 Å². The first-order chi connectivity index (χ1) is 17.6. The molecule has 0 saturated carbocycles. The van der Waals surface area contributed by atoms with Crippen molar-refractivity contribution in [1.29, 1.82) is 0 Å². The van der Waals surface area contributed by atoms with Crippen molar-refractivity contribution >= 4 is 33.9 Å². The number of β-lactam (4-membered cyclic amide) rings is 1. The van der Waals surface area contributed by atoms with Crippen molar-refractivity contribution in [2.45, 2.75) is 25.1 Å². The van der Waals surface area contributed by atoms with Gasteiger partial charge in [-0.3, -0.25) is 18.7 Å². The zero-order chi connectivity index (χ0) is 27.0. The third-order valence-electron chi connectivity index (χ3n) is 5.33. The van der Waals surface area contributed by atoms with E-state index in [0.717, 1.165) is 24.3 Å². The molecule has 1 saturated heterocycles. The first kappa shape index (κ1) is 27.6. The second-order valence-corrected chi connectivity index (χ2v) is 9.73. The van der Waals surface area contributed by atoms with Crippen LogP contribution in [0.5, 0.6) is 0 Å². The lowest BCUT2D eigenvalue weighted by atomic mass is 9.93. The van der Waals surface area contributed by atoms with Gasteiger partial charge in [0.2, 0.25) is 5.91 Å². The van der Waals surface area contributed by atoms with E-state index in [1.54, 1.807) is 60.7 Å². The number of carbonyl (C=O) groups is 4. The summed E-state index contributed by atoms with van der Waals surface area (Å²) < 4.78 is 38.0. The molecule has 1 N–H and O–H groups in total. The average Bonchev–Trinajstić information content (AvgIpc) is 2.87. The lowest BCUT2D eigenvalue weighted by Crippen LogP contribution is -2.72. The van der Waals surface area contributed by atoms with Gasteiger partial charge >= 0.3 is 11.9 Å². The van der Waals surface area contributed by atoms with Gasteiger partial charge in [-0.05, 0) is 11.1 Å². The van der Waals surface area contributed by atoms with E-state index in [-0.39, 0.29) is 13.0 Å². The Kier molecular flexibility index (Phi) is 9.15. The van der Waals surface area contributed by atoms with Gasteiger partial charge in [-0.15, -0.1) is 0 Å². The quantitative estimate of drug-likeness (QED) is 0.192. The van der Waals surface area contributed by atoms with E-state index in [1.807, 2.05) is 0 Å². The zero-order valence-electron chi connectivity index (χ0n) is 20.2. The van der Waals surface area contributed by atoms with Crippen LogP contribution in [0.4, 0.5) is 0 Å². The molecule has 0 aliphatic carbocycles. The number of amides is 2. The first-order valence-electron chi connectivity index (χ1n) is 11.1. The highest BCUT2D eigenvalue weighted by atomic mass is 32.2. The number of nitrogens with one attached hydrogen (secondary N) is 1. The summed E-state index contributed by atoms with van der Waals surface area (Å²) >= 11 is 0. The van der Waals surface area contributed by atoms with Gasteiger partial charge in [0.1, 0.15) is 18.3 Å². The molecule has 1 aliphatic rings. The third kappa shape index (κ3) is 7.72. The Morgan fingerprint density at radius 2 is 1.59 bits per heavy atom. The van der Waals surface area contributed by atoms with E-state index in [9.17, 15) is 27.6 Å². The van der Waals surface area contributed by atoms with Crippen molar-refractivity contribution in [2.75, 3.05) is 20.0 Å². The highest BCUT2D eigenvalue weighted by Gasteiger charge is 2.52. The highest BCUT2D eigenvalue weighted by molar-refractivity contribution is 7.85. The summed E-state index contributed by atoms with van der Waals surface area (Å²) in [5, 5.41) is 2.55. The minimum absolute atomic E-state index is 0.0335. The van der Waals surface area contributed by atoms with Crippen molar-refractivity contribution in [2.24, 2.45) is 0 Å². The summed E-state index contributed by atoms with van der Waals surface area (Å²) in [5.74, 6) is -3.23. The van der Waals surface area contributed by atoms with Crippen molar-refractivity contribution < 1.29 is 41.3 Å². The topological polar surface area (TPSA) is 145 Å². The molecule has 1 aliphatic heterocycles. The van der Waals surface area contributed by atoms with E-state index in [1.165, 1.54) is 0 Å². The van der Waals surface area contributed by atoms with Gasteiger partial charge in [-0.1, -0.05) is 60.7 Å². The summed E-state index contributed by atoms with van der Waals surface area (Å²) in [5.41, 5.74) is 0.873. The number of rotatable bonds is 11. The van der Waals surface area contributed by atoms with Crippen molar-refractivity contribution in [3.05, 3.63) is 83.6 Å². The van der Waals surface area contributed by atoms with Crippen molar-refractivity contribution in [3.8, 4) is 0 Å². The Bertz CT molecular complexity index is 1280. The second-order valence-electron chi connectivity index (χ2n) is 8.09. The average molecular weight is 531 g/mol. The monoisotopic (exact) mass is 530 g/mol. The fourth-order valence-corrected chi connectivity index (χ4v) is 3.95.